The van der Waals surface area contributed by atoms with E-state index in [-0.39, 0.29) is 0 Å². The number of rotatable bonds is 1. The first-order valence-corrected chi connectivity index (χ1v) is 5.65. The molecule has 0 atom stereocenters. The molecule has 0 bridgehead atoms. The third-order valence-corrected chi connectivity index (χ3v) is 2.99. The van der Waals surface area contributed by atoms with E-state index < -0.39 is 0 Å². The van der Waals surface area contributed by atoms with E-state index >= 15 is 0 Å². The van der Waals surface area contributed by atoms with Gasteiger partial charge in [0.25, 0.3) is 0 Å². The SMILES string of the molecule is c1cc(-c2ccc3nccn3n2)c2cc[nH]c2n1. The first kappa shape index (κ1) is 9.35. The van der Waals surface area contributed by atoms with E-state index in [1.54, 1.807) is 16.9 Å². The van der Waals surface area contributed by atoms with Crippen molar-refractivity contribution in [1.82, 2.24) is 24.6 Å². The lowest BCUT2D eigenvalue weighted by Crippen LogP contribution is -1.93. The van der Waals surface area contributed by atoms with Crippen LogP contribution < -0.4 is 0 Å². The van der Waals surface area contributed by atoms with Crippen molar-refractivity contribution in [3.8, 4) is 11.3 Å². The summed E-state index contributed by atoms with van der Waals surface area (Å²) in [4.78, 5) is 11.6. The Morgan fingerprint density at radius 1 is 1.00 bits per heavy atom. The Labute approximate surface area is 102 Å². The van der Waals surface area contributed by atoms with Crippen LogP contribution in [0, 0.1) is 0 Å². The number of hydrogen-bond donors (Lipinski definition) is 1. The number of H-pyrrole nitrogens is 1. The highest BCUT2D eigenvalue weighted by Crippen LogP contribution is 2.25. The van der Waals surface area contributed by atoms with Gasteiger partial charge in [-0.15, -0.1) is 0 Å². The fourth-order valence-corrected chi connectivity index (χ4v) is 2.14. The van der Waals surface area contributed by atoms with Crippen molar-refractivity contribution in [2.24, 2.45) is 0 Å². The third-order valence-electron chi connectivity index (χ3n) is 2.99. The third kappa shape index (κ3) is 1.24. The maximum Gasteiger partial charge on any atom is 0.153 e. The molecule has 86 valence electrons. The fourth-order valence-electron chi connectivity index (χ4n) is 2.14. The molecule has 0 aliphatic heterocycles. The average molecular weight is 235 g/mol. The second-order valence-electron chi connectivity index (χ2n) is 4.05. The molecule has 4 aromatic rings. The minimum atomic E-state index is 0.845. The van der Waals surface area contributed by atoms with Crippen molar-refractivity contribution in [1.29, 1.82) is 0 Å². The van der Waals surface area contributed by atoms with Crippen LogP contribution in [0.1, 0.15) is 0 Å². The van der Waals surface area contributed by atoms with Crippen LogP contribution in [0.15, 0.2) is 49.1 Å². The second-order valence-corrected chi connectivity index (χ2v) is 4.05. The Bertz CT molecular complexity index is 842. The van der Waals surface area contributed by atoms with Gasteiger partial charge in [0.1, 0.15) is 5.65 Å². The largest absolute Gasteiger partial charge is 0.346 e. The lowest BCUT2D eigenvalue weighted by atomic mass is 10.1. The summed E-state index contributed by atoms with van der Waals surface area (Å²) in [6.07, 6.45) is 7.25. The highest BCUT2D eigenvalue weighted by Gasteiger charge is 2.07. The van der Waals surface area contributed by atoms with Crippen molar-refractivity contribution < 1.29 is 0 Å². The van der Waals surface area contributed by atoms with Crippen LogP contribution in [0.25, 0.3) is 27.9 Å². The van der Waals surface area contributed by atoms with Gasteiger partial charge in [0.05, 0.1) is 5.69 Å². The molecule has 18 heavy (non-hydrogen) atoms. The van der Waals surface area contributed by atoms with Crippen molar-refractivity contribution in [3.63, 3.8) is 0 Å². The van der Waals surface area contributed by atoms with Crippen LogP contribution in [0.4, 0.5) is 0 Å². The molecule has 0 amide bonds. The maximum atomic E-state index is 4.55. The van der Waals surface area contributed by atoms with Gasteiger partial charge in [-0.3, -0.25) is 0 Å². The Morgan fingerprint density at radius 2 is 2.00 bits per heavy atom. The Hall–Kier alpha value is -2.69. The number of imidazole rings is 1. The smallest absolute Gasteiger partial charge is 0.153 e. The number of nitrogens with one attached hydrogen (secondary N) is 1. The Balaban J connectivity index is 2.03. The van der Waals surface area contributed by atoms with Gasteiger partial charge in [0, 0.05) is 35.7 Å². The van der Waals surface area contributed by atoms with E-state index in [2.05, 4.69) is 20.1 Å². The predicted molar refractivity (Wildman–Crippen MR) is 68.1 cm³/mol. The van der Waals surface area contributed by atoms with E-state index in [4.69, 9.17) is 0 Å². The number of fused-ring (bicyclic) bond motifs is 2. The second kappa shape index (κ2) is 3.40. The zero-order valence-electron chi connectivity index (χ0n) is 9.41. The summed E-state index contributed by atoms with van der Waals surface area (Å²) in [5.74, 6) is 0. The van der Waals surface area contributed by atoms with E-state index in [0.717, 1.165) is 27.9 Å². The molecule has 5 nitrogen and oxygen atoms in total. The van der Waals surface area contributed by atoms with Gasteiger partial charge in [-0.05, 0) is 24.3 Å². The van der Waals surface area contributed by atoms with Gasteiger partial charge < -0.3 is 4.98 Å². The standard InChI is InChI=1S/C13H9N5/c1-2-12-14-7-8-18(12)17-11(1)9-3-5-15-13-10(9)4-6-16-13/h1-8H,(H,15,16). The van der Waals surface area contributed by atoms with Crippen LogP contribution in [0.5, 0.6) is 0 Å². The molecule has 0 fully saturated rings. The van der Waals surface area contributed by atoms with Crippen molar-refractivity contribution >= 4 is 16.7 Å². The molecular weight excluding hydrogens is 226 g/mol. The van der Waals surface area contributed by atoms with Crippen LogP contribution in [0.2, 0.25) is 0 Å². The molecular formula is C13H9N5. The minimum Gasteiger partial charge on any atom is -0.346 e. The molecule has 1 N–H and O–H groups in total. The normalized spacial score (nSPS) is 11.3. The van der Waals surface area contributed by atoms with E-state index in [0.29, 0.717) is 0 Å². The van der Waals surface area contributed by atoms with Gasteiger partial charge in [-0.2, -0.15) is 5.10 Å². The molecule has 0 radical (unpaired) electrons. The Kier molecular flexibility index (Phi) is 1.77. The van der Waals surface area contributed by atoms with Gasteiger partial charge in [-0.1, -0.05) is 0 Å². The summed E-state index contributed by atoms with van der Waals surface area (Å²) in [6, 6.07) is 7.92. The van der Waals surface area contributed by atoms with Crippen LogP contribution in [-0.2, 0) is 0 Å². The highest BCUT2D eigenvalue weighted by atomic mass is 15.2. The number of nitrogens with zero attached hydrogens (tertiary/aromatic N) is 4. The first-order valence-electron chi connectivity index (χ1n) is 5.65. The summed E-state index contributed by atoms with van der Waals surface area (Å²) in [5.41, 5.74) is 3.70. The molecule has 0 aliphatic carbocycles. The van der Waals surface area contributed by atoms with E-state index in [9.17, 15) is 0 Å². The lowest BCUT2D eigenvalue weighted by Gasteiger charge is -2.02. The van der Waals surface area contributed by atoms with Crippen LogP contribution in [0.3, 0.4) is 0 Å². The summed E-state index contributed by atoms with van der Waals surface area (Å²) < 4.78 is 1.77. The van der Waals surface area contributed by atoms with Crippen molar-refractivity contribution in [2.75, 3.05) is 0 Å². The highest BCUT2D eigenvalue weighted by molar-refractivity contribution is 5.91. The number of aromatic amines is 1. The molecule has 5 heteroatoms. The molecule has 0 saturated heterocycles. The summed E-state index contributed by atoms with van der Waals surface area (Å²) in [5, 5.41) is 5.62. The topological polar surface area (TPSA) is 58.9 Å². The van der Waals surface area contributed by atoms with Crippen LogP contribution in [-0.4, -0.2) is 24.6 Å². The van der Waals surface area contributed by atoms with E-state index in [1.807, 2.05) is 36.7 Å². The van der Waals surface area contributed by atoms with Crippen LogP contribution >= 0.6 is 0 Å². The zero-order valence-corrected chi connectivity index (χ0v) is 9.41. The number of hydrogen-bond acceptors (Lipinski definition) is 3. The monoisotopic (exact) mass is 235 g/mol. The summed E-state index contributed by atoms with van der Waals surface area (Å²) in [7, 11) is 0. The van der Waals surface area contributed by atoms with Gasteiger partial charge in [0.15, 0.2) is 5.65 Å². The molecule has 0 aromatic carbocycles. The van der Waals surface area contributed by atoms with E-state index in [1.165, 1.54) is 0 Å². The van der Waals surface area contributed by atoms with Gasteiger partial charge in [0.2, 0.25) is 0 Å². The summed E-state index contributed by atoms with van der Waals surface area (Å²) in [6.45, 7) is 0. The minimum absolute atomic E-state index is 0.845. The van der Waals surface area contributed by atoms with Gasteiger partial charge in [-0.25, -0.2) is 14.5 Å². The first-order chi connectivity index (χ1) is 8.92. The lowest BCUT2D eigenvalue weighted by molar-refractivity contribution is 0.943. The molecule has 0 unspecified atom stereocenters. The maximum absolute atomic E-state index is 4.55. The average Bonchev–Trinajstić information content (AvgIpc) is 3.05. The molecule has 0 saturated carbocycles. The Morgan fingerprint density at radius 3 is 3.00 bits per heavy atom. The molecule has 4 aromatic heterocycles. The fraction of sp³-hybridized carbons (Fsp3) is 0. The number of aromatic nitrogens is 5. The quantitative estimate of drug-likeness (QED) is 0.550. The molecule has 0 spiro atoms. The predicted octanol–water partition coefficient (Wildman–Crippen LogP) is 2.27. The molecule has 4 heterocycles. The number of pyridine rings is 1. The summed E-state index contributed by atoms with van der Waals surface area (Å²) >= 11 is 0. The zero-order chi connectivity index (χ0) is 11.9. The van der Waals surface area contributed by atoms with Gasteiger partial charge >= 0.3 is 0 Å². The van der Waals surface area contributed by atoms with Crippen molar-refractivity contribution in [2.45, 2.75) is 0 Å². The molecule has 0 aliphatic rings. The molecule has 4 rings (SSSR count). The van der Waals surface area contributed by atoms with Crippen molar-refractivity contribution in [3.05, 3.63) is 49.1 Å².